The molecule has 0 aliphatic rings. The first-order chi connectivity index (χ1) is 11.3. The number of anilines is 3. The minimum Gasteiger partial charge on any atom is -0.329 e. The summed E-state index contributed by atoms with van der Waals surface area (Å²) in [6.07, 6.45) is 1.61. The van der Waals surface area contributed by atoms with Gasteiger partial charge in [0.2, 0.25) is 0 Å². The van der Waals surface area contributed by atoms with Crippen LogP contribution in [0.2, 0.25) is 0 Å². The van der Waals surface area contributed by atoms with Crippen molar-refractivity contribution in [1.29, 1.82) is 0 Å². The highest BCUT2D eigenvalue weighted by Gasteiger charge is 2.14. The first-order valence-corrected chi connectivity index (χ1v) is 7.10. The van der Waals surface area contributed by atoms with Crippen LogP contribution in [0.4, 0.5) is 17.2 Å². The molecule has 7 nitrogen and oxygen atoms in total. The van der Waals surface area contributed by atoms with Gasteiger partial charge in [0.15, 0.2) is 0 Å². The molecule has 0 saturated carbocycles. The molecule has 0 bridgehead atoms. The monoisotopic (exact) mass is 306 g/mol. The third kappa shape index (κ3) is 2.14. The summed E-state index contributed by atoms with van der Waals surface area (Å²) >= 11 is 0. The van der Waals surface area contributed by atoms with Crippen LogP contribution in [0.5, 0.6) is 0 Å². The Hall–Kier alpha value is -3.19. The maximum absolute atomic E-state index is 9.16. The van der Waals surface area contributed by atoms with Crippen molar-refractivity contribution < 1.29 is 5.21 Å². The van der Waals surface area contributed by atoms with Crippen LogP contribution < -0.4 is 10.4 Å². The SMILES string of the molecule is CN(c1ccccc1)c1nc2nncn2c2cc(NO)ccc12. The summed E-state index contributed by atoms with van der Waals surface area (Å²) in [5.41, 5.74) is 4.64. The quantitative estimate of drug-likeness (QED) is 0.567. The van der Waals surface area contributed by atoms with Crippen LogP contribution in [0.1, 0.15) is 0 Å². The summed E-state index contributed by atoms with van der Waals surface area (Å²) in [4.78, 5) is 6.63. The van der Waals surface area contributed by atoms with Crippen molar-refractivity contribution in [2.45, 2.75) is 0 Å². The summed E-state index contributed by atoms with van der Waals surface area (Å²) in [5.74, 6) is 1.28. The maximum Gasteiger partial charge on any atom is 0.257 e. The Labute approximate surface area is 131 Å². The van der Waals surface area contributed by atoms with Gasteiger partial charge in [0.1, 0.15) is 12.1 Å². The number of nitrogens with zero attached hydrogens (tertiary/aromatic N) is 5. The minimum absolute atomic E-state index is 0.505. The molecule has 0 saturated heterocycles. The average Bonchev–Trinajstić information content (AvgIpc) is 3.09. The van der Waals surface area contributed by atoms with Gasteiger partial charge in [0.25, 0.3) is 5.78 Å². The molecule has 114 valence electrons. The fourth-order valence-corrected chi connectivity index (χ4v) is 2.65. The van der Waals surface area contributed by atoms with Gasteiger partial charge in [-0.1, -0.05) is 18.2 Å². The number of aromatic nitrogens is 4. The molecule has 0 fully saturated rings. The van der Waals surface area contributed by atoms with Crippen LogP contribution in [0.15, 0.2) is 54.9 Å². The van der Waals surface area contributed by atoms with Crippen molar-refractivity contribution in [1.82, 2.24) is 19.6 Å². The molecule has 0 amide bonds. The highest BCUT2D eigenvalue weighted by Crippen LogP contribution is 2.31. The van der Waals surface area contributed by atoms with Crippen LogP contribution >= 0.6 is 0 Å². The zero-order valence-electron chi connectivity index (χ0n) is 12.4. The fraction of sp³-hybridized carbons (Fsp3) is 0.0625. The molecule has 2 N–H and O–H groups in total. The Morgan fingerprint density at radius 1 is 1.13 bits per heavy atom. The van der Waals surface area contributed by atoms with Gasteiger partial charge in [0, 0.05) is 18.1 Å². The highest BCUT2D eigenvalue weighted by atomic mass is 16.5. The van der Waals surface area contributed by atoms with Gasteiger partial charge < -0.3 is 4.90 Å². The molecule has 0 spiro atoms. The number of nitrogens with one attached hydrogen (secondary N) is 1. The molecule has 0 atom stereocenters. The first-order valence-electron chi connectivity index (χ1n) is 7.10. The van der Waals surface area contributed by atoms with E-state index in [1.54, 1.807) is 16.8 Å². The van der Waals surface area contributed by atoms with E-state index in [-0.39, 0.29) is 0 Å². The molecule has 0 radical (unpaired) electrons. The lowest BCUT2D eigenvalue weighted by molar-refractivity contribution is 0.389. The van der Waals surface area contributed by atoms with Gasteiger partial charge in [-0.3, -0.25) is 15.1 Å². The van der Waals surface area contributed by atoms with E-state index in [0.29, 0.717) is 11.5 Å². The van der Waals surface area contributed by atoms with E-state index in [0.717, 1.165) is 22.4 Å². The fourth-order valence-electron chi connectivity index (χ4n) is 2.65. The zero-order chi connectivity index (χ0) is 15.8. The average molecular weight is 306 g/mol. The lowest BCUT2D eigenvalue weighted by Gasteiger charge is -2.20. The van der Waals surface area contributed by atoms with Crippen LogP contribution in [0.3, 0.4) is 0 Å². The van der Waals surface area contributed by atoms with Gasteiger partial charge >= 0.3 is 0 Å². The van der Waals surface area contributed by atoms with Crippen LogP contribution in [0, 0.1) is 0 Å². The maximum atomic E-state index is 9.16. The van der Waals surface area contributed by atoms with Crippen LogP contribution in [-0.2, 0) is 0 Å². The molecular formula is C16H14N6O. The molecule has 0 aliphatic heterocycles. The molecule has 4 aromatic rings. The molecule has 2 aromatic heterocycles. The third-order valence-corrected chi connectivity index (χ3v) is 3.82. The molecule has 2 heterocycles. The Bertz CT molecular complexity index is 982. The topological polar surface area (TPSA) is 78.6 Å². The number of fused-ring (bicyclic) bond motifs is 3. The summed E-state index contributed by atoms with van der Waals surface area (Å²) in [7, 11) is 1.96. The summed E-state index contributed by atoms with van der Waals surface area (Å²) in [6, 6.07) is 15.5. The van der Waals surface area contributed by atoms with E-state index in [1.807, 2.05) is 54.4 Å². The second kappa shape index (κ2) is 5.22. The Kier molecular flexibility index (Phi) is 3.06. The molecule has 0 unspecified atom stereocenters. The van der Waals surface area contributed by atoms with Crippen LogP contribution in [-0.4, -0.2) is 31.8 Å². The third-order valence-electron chi connectivity index (χ3n) is 3.82. The molecular weight excluding hydrogens is 292 g/mol. The van der Waals surface area contributed by atoms with E-state index in [2.05, 4.69) is 20.7 Å². The van der Waals surface area contributed by atoms with E-state index >= 15 is 0 Å². The predicted octanol–water partition coefficient (Wildman–Crippen LogP) is 2.85. The zero-order valence-corrected chi connectivity index (χ0v) is 12.4. The van der Waals surface area contributed by atoms with Crippen molar-refractivity contribution in [3.63, 3.8) is 0 Å². The van der Waals surface area contributed by atoms with E-state index in [4.69, 9.17) is 5.21 Å². The number of benzene rings is 2. The molecule has 2 aromatic carbocycles. The van der Waals surface area contributed by atoms with Crippen molar-refractivity contribution >= 4 is 33.9 Å². The largest absolute Gasteiger partial charge is 0.329 e. The minimum atomic E-state index is 0.505. The van der Waals surface area contributed by atoms with Gasteiger partial charge in [-0.25, -0.2) is 0 Å². The van der Waals surface area contributed by atoms with Crippen molar-refractivity contribution in [3.8, 4) is 0 Å². The Morgan fingerprint density at radius 2 is 1.96 bits per heavy atom. The second-order valence-electron chi connectivity index (χ2n) is 5.17. The summed E-state index contributed by atoms with van der Waals surface area (Å²) in [6.45, 7) is 0. The molecule has 0 aliphatic carbocycles. The Morgan fingerprint density at radius 3 is 2.74 bits per heavy atom. The van der Waals surface area contributed by atoms with Crippen molar-refractivity contribution in [2.24, 2.45) is 0 Å². The molecule has 23 heavy (non-hydrogen) atoms. The number of hydrogen-bond donors (Lipinski definition) is 2. The van der Waals surface area contributed by atoms with E-state index in [1.165, 1.54) is 0 Å². The van der Waals surface area contributed by atoms with Gasteiger partial charge in [0.05, 0.1) is 11.2 Å². The lowest BCUT2D eigenvalue weighted by Crippen LogP contribution is -2.13. The second-order valence-corrected chi connectivity index (χ2v) is 5.17. The van der Waals surface area contributed by atoms with Crippen LogP contribution in [0.25, 0.3) is 16.7 Å². The normalized spacial score (nSPS) is 11.0. The number of rotatable bonds is 3. The van der Waals surface area contributed by atoms with Crippen molar-refractivity contribution in [3.05, 3.63) is 54.9 Å². The highest BCUT2D eigenvalue weighted by molar-refractivity contribution is 5.95. The molecule has 7 heteroatoms. The van der Waals surface area contributed by atoms with Gasteiger partial charge in [-0.2, -0.15) is 4.98 Å². The standard InChI is InChI=1S/C16H14N6O/c1-21(12-5-3-2-4-6-12)15-13-8-7-11(20-23)9-14(13)22-10-17-19-16(22)18-15/h2-10,20,23H,1H3. The Balaban J connectivity index is 2.01. The van der Waals surface area contributed by atoms with E-state index in [9.17, 15) is 0 Å². The predicted molar refractivity (Wildman–Crippen MR) is 88.2 cm³/mol. The number of para-hydroxylation sites is 1. The first kappa shape index (κ1) is 13.5. The van der Waals surface area contributed by atoms with E-state index < -0.39 is 0 Å². The molecule has 4 rings (SSSR count). The number of hydrogen-bond acceptors (Lipinski definition) is 6. The summed E-state index contributed by atoms with van der Waals surface area (Å²) in [5, 5.41) is 18.1. The van der Waals surface area contributed by atoms with Gasteiger partial charge in [-0.15, -0.1) is 10.2 Å². The summed E-state index contributed by atoms with van der Waals surface area (Å²) < 4.78 is 1.79. The smallest absolute Gasteiger partial charge is 0.257 e. The van der Waals surface area contributed by atoms with Crippen molar-refractivity contribution in [2.75, 3.05) is 17.4 Å². The van der Waals surface area contributed by atoms with Gasteiger partial charge in [-0.05, 0) is 30.3 Å². The lowest BCUT2D eigenvalue weighted by atomic mass is 10.2.